The minimum Gasteiger partial charge on any atom is -0.310 e. The van der Waals surface area contributed by atoms with Crippen LogP contribution in [0.5, 0.6) is 0 Å². The maximum Gasteiger partial charge on any atom is 0.0520 e. The predicted molar refractivity (Wildman–Crippen MR) is 234 cm³/mol. The Bertz CT molecular complexity index is 1990. The summed E-state index contributed by atoms with van der Waals surface area (Å²) in [6.07, 6.45) is 1.09. The molecule has 0 unspecified atom stereocenters. The fourth-order valence-electron chi connectivity index (χ4n) is 7.42. The summed E-state index contributed by atoms with van der Waals surface area (Å²) in [7, 11) is 0. The predicted octanol–water partition coefficient (Wildman–Crippen LogP) is 15.4. The molecule has 0 heterocycles. The summed E-state index contributed by atoms with van der Waals surface area (Å²) in [5.41, 5.74) is 18.0. The van der Waals surface area contributed by atoms with Gasteiger partial charge in [0, 0.05) is 22.7 Å². The average molecular weight is 707 g/mol. The summed E-state index contributed by atoms with van der Waals surface area (Å²) in [6, 6.07) is 37.2. The van der Waals surface area contributed by atoms with Crippen molar-refractivity contribution in [3.8, 4) is 0 Å². The third-order valence-corrected chi connectivity index (χ3v) is 11.3. The third kappa shape index (κ3) is 8.43. The first-order valence-corrected chi connectivity index (χ1v) is 19.7. The molecule has 0 aliphatic rings. The lowest BCUT2D eigenvalue weighted by atomic mass is 9.82. The topological polar surface area (TPSA) is 6.48 Å². The molecule has 0 radical (unpaired) electrons. The fraction of sp³-hybridized carbons (Fsp3) is 0.412. The van der Waals surface area contributed by atoms with Crippen molar-refractivity contribution in [3.05, 3.63) is 142 Å². The Balaban J connectivity index is 1.70. The maximum absolute atomic E-state index is 2.46. The molecule has 0 N–H and O–H groups in total. The second-order valence-corrected chi connectivity index (χ2v) is 19.2. The zero-order valence-corrected chi connectivity index (χ0v) is 35.8. The number of hydrogen-bond donors (Lipinski definition) is 0. The lowest BCUT2D eigenvalue weighted by molar-refractivity contribution is 0.506. The zero-order valence-electron chi connectivity index (χ0n) is 35.8. The molecule has 0 spiro atoms. The number of anilines is 6. The van der Waals surface area contributed by atoms with Crippen LogP contribution in [0.4, 0.5) is 34.1 Å². The normalized spacial score (nSPS) is 12.6. The second kappa shape index (κ2) is 14.5. The van der Waals surface area contributed by atoms with Crippen molar-refractivity contribution in [1.29, 1.82) is 0 Å². The van der Waals surface area contributed by atoms with Crippen LogP contribution in [0.2, 0.25) is 0 Å². The minimum atomic E-state index is 0.0732. The molecular formula is C51H66N2. The highest BCUT2D eigenvalue weighted by Crippen LogP contribution is 2.45. The largest absolute Gasteiger partial charge is 0.310 e. The Kier molecular flexibility index (Phi) is 10.9. The van der Waals surface area contributed by atoms with E-state index in [1.807, 2.05) is 0 Å². The zero-order chi connectivity index (χ0) is 39.3. The number of nitrogens with zero attached hydrogens (tertiary/aromatic N) is 2. The van der Waals surface area contributed by atoms with Crippen molar-refractivity contribution in [1.82, 2.24) is 0 Å². The van der Waals surface area contributed by atoms with Gasteiger partial charge in [-0.2, -0.15) is 0 Å². The first-order valence-electron chi connectivity index (χ1n) is 19.7. The van der Waals surface area contributed by atoms with Gasteiger partial charge in [0.25, 0.3) is 0 Å². The van der Waals surface area contributed by atoms with E-state index >= 15 is 0 Å². The Morgan fingerprint density at radius 2 is 0.604 bits per heavy atom. The van der Waals surface area contributed by atoms with Crippen LogP contribution >= 0.6 is 0 Å². The van der Waals surface area contributed by atoms with Gasteiger partial charge in [-0.25, -0.2) is 0 Å². The molecule has 5 aromatic carbocycles. The summed E-state index contributed by atoms with van der Waals surface area (Å²) < 4.78 is 0. The van der Waals surface area contributed by atoms with Crippen LogP contribution < -0.4 is 9.80 Å². The van der Waals surface area contributed by atoms with Gasteiger partial charge in [-0.1, -0.05) is 132 Å². The highest BCUT2D eigenvalue weighted by molar-refractivity contribution is 5.85. The summed E-state index contributed by atoms with van der Waals surface area (Å²) in [5.74, 6) is 0. The molecule has 2 nitrogen and oxygen atoms in total. The molecule has 5 aromatic rings. The molecule has 0 bridgehead atoms. The van der Waals surface area contributed by atoms with Gasteiger partial charge in [0.2, 0.25) is 0 Å². The first kappa shape index (κ1) is 39.9. The van der Waals surface area contributed by atoms with Gasteiger partial charge in [0.05, 0.1) is 11.4 Å². The summed E-state index contributed by atoms with van der Waals surface area (Å²) in [5, 5.41) is 0. The molecule has 0 aromatic heterocycles. The molecule has 0 amide bonds. The van der Waals surface area contributed by atoms with Gasteiger partial charge < -0.3 is 9.80 Å². The van der Waals surface area contributed by atoms with E-state index < -0.39 is 0 Å². The summed E-state index contributed by atoms with van der Waals surface area (Å²) >= 11 is 0. The second-order valence-electron chi connectivity index (χ2n) is 19.2. The third-order valence-electron chi connectivity index (χ3n) is 11.3. The van der Waals surface area contributed by atoms with Crippen LogP contribution in [0.3, 0.4) is 0 Å². The Labute approximate surface area is 323 Å². The quantitative estimate of drug-likeness (QED) is 0.158. The average Bonchev–Trinajstić information content (AvgIpc) is 3.07. The number of hydrogen-bond acceptors (Lipinski definition) is 2. The summed E-state index contributed by atoms with van der Waals surface area (Å²) in [4.78, 5) is 4.91. The maximum atomic E-state index is 2.46. The standard InChI is InChI=1S/C51H66N2/c1-17-51(15,16)39-20-24-43(25-21-39)53(47-36(4)32-41(33-37(47)5)50(12,13)14)45-28-26-44(27-29-45)52(42-22-18-38(19-23-42)48(6,7)8)46-34(2)30-40(31-35(46)3)49(9,10)11/h18-33H,17H2,1-16H3. The molecule has 0 aliphatic heterocycles. The van der Waals surface area contributed by atoms with Gasteiger partial charge in [-0.3, -0.25) is 0 Å². The van der Waals surface area contributed by atoms with E-state index in [4.69, 9.17) is 0 Å². The van der Waals surface area contributed by atoms with Crippen LogP contribution in [0.25, 0.3) is 0 Å². The van der Waals surface area contributed by atoms with E-state index in [1.165, 1.54) is 61.6 Å². The molecule has 53 heavy (non-hydrogen) atoms. The molecule has 0 aliphatic carbocycles. The smallest absolute Gasteiger partial charge is 0.0520 e. The number of rotatable bonds is 8. The van der Waals surface area contributed by atoms with E-state index in [2.05, 4.69) is 218 Å². The molecule has 0 fully saturated rings. The lowest BCUT2D eigenvalue weighted by Crippen LogP contribution is -2.18. The van der Waals surface area contributed by atoms with E-state index in [0.29, 0.717) is 0 Å². The summed E-state index contributed by atoms with van der Waals surface area (Å²) in [6.45, 7) is 36.6. The van der Waals surface area contributed by atoms with Gasteiger partial charge in [-0.05, 0) is 149 Å². The van der Waals surface area contributed by atoms with Gasteiger partial charge in [0.15, 0.2) is 0 Å². The molecule has 280 valence electrons. The van der Waals surface area contributed by atoms with Crippen LogP contribution in [-0.2, 0) is 21.7 Å². The van der Waals surface area contributed by atoms with Crippen LogP contribution in [-0.4, -0.2) is 0 Å². The van der Waals surface area contributed by atoms with Crippen molar-refractivity contribution in [2.75, 3.05) is 9.80 Å². The fourth-order valence-corrected chi connectivity index (χ4v) is 7.42. The molecule has 0 atom stereocenters. The molecule has 0 saturated carbocycles. The Hall–Kier alpha value is -4.30. The molecule has 2 heteroatoms. The first-order chi connectivity index (χ1) is 24.5. The van der Waals surface area contributed by atoms with E-state index in [-0.39, 0.29) is 21.7 Å². The van der Waals surface area contributed by atoms with Crippen molar-refractivity contribution in [2.45, 2.75) is 139 Å². The number of benzene rings is 5. The SMILES string of the molecule is CCC(C)(C)c1ccc(N(c2ccc(N(c3ccc(C(C)(C)C)cc3)c3c(C)cc(C(C)(C)C)cc3C)cc2)c2c(C)cc(C(C)(C)C)cc2C)cc1. The van der Waals surface area contributed by atoms with Gasteiger partial charge in [-0.15, -0.1) is 0 Å². The Morgan fingerprint density at radius 1 is 0.358 bits per heavy atom. The van der Waals surface area contributed by atoms with Gasteiger partial charge in [0.1, 0.15) is 0 Å². The van der Waals surface area contributed by atoms with Crippen LogP contribution in [0.1, 0.15) is 134 Å². The molecule has 5 rings (SSSR count). The highest BCUT2D eigenvalue weighted by atomic mass is 15.2. The number of aryl methyl sites for hydroxylation is 4. The minimum absolute atomic E-state index is 0.0732. The van der Waals surface area contributed by atoms with Crippen molar-refractivity contribution in [3.63, 3.8) is 0 Å². The highest BCUT2D eigenvalue weighted by Gasteiger charge is 2.25. The van der Waals surface area contributed by atoms with Crippen LogP contribution in [0.15, 0.2) is 97.1 Å². The Morgan fingerprint density at radius 3 is 0.849 bits per heavy atom. The molecular weight excluding hydrogens is 641 g/mol. The lowest BCUT2D eigenvalue weighted by Gasteiger charge is -2.33. The molecule has 0 saturated heterocycles. The van der Waals surface area contributed by atoms with Crippen molar-refractivity contribution >= 4 is 34.1 Å². The van der Waals surface area contributed by atoms with E-state index in [0.717, 1.165) is 23.5 Å². The van der Waals surface area contributed by atoms with Crippen molar-refractivity contribution in [2.24, 2.45) is 0 Å². The van der Waals surface area contributed by atoms with E-state index in [9.17, 15) is 0 Å². The van der Waals surface area contributed by atoms with E-state index in [1.54, 1.807) is 0 Å². The van der Waals surface area contributed by atoms with Crippen molar-refractivity contribution < 1.29 is 0 Å². The van der Waals surface area contributed by atoms with Crippen LogP contribution in [0, 0.1) is 27.7 Å². The monoisotopic (exact) mass is 707 g/mol. The van der Waals surface area contributed by atoms with Gasteiger partial charge >= 0.3 is 0 Å².